The first-order valence-electron chi connectivity index (χ1n) is 18.1. The number of alkyl halides is 3. The van der Waals surface area contributed by atoms with Gasteiger partial charge in [-0.2, -0.15) is 18.2 Å². The summed E-state index contributed by atoms with van der Waals surface area (Å²) in [6.45, 7) is 9.89. The minimum absolute atomic E-state index is 0.00842. The molecule has 2 amide bonds. The summed E-state index contributed by atoms with van der Waals surface area (Å²) < 4.78 is 65.3. The van der Waals surface area contributed by atoms with Crippen molar-refractivity contribution in [1.82, 2.24) is 14.9 Å². The van der Waals surface area contributed by atoms with Crippen LogP contribution in [0.3, 0.4) is 0 Å². The highest BCUT2D eigenvalue weighted by Crippen LogP contribution is 2.38. The fourth-order valence-corrected chi connectivity index (χ4v) is 11.2. The second-order valence-corrected chi connectivity index (χ2v) is 18.3. The zero-order valence-corrected chi connectivity index (χ0v) is 32.8. The van der Waals surface area contributed by atoms with Gasteiger partial charge in [-0.1, -0.05) is 111 Å². The molecule has 56 heavy (non-hydrogen) atoms. The van der Waals surface area contributed by atoms with E-state index < -0.39 is 63.3 Å². The van der Waals surface area contributed by atoms with E-state index in [4.69, 9.17) is 18.6 Å². The van der Waals surface area contributed by atoms with Gasteiger partial charge in [0.15, 0.2) is 12.1 Å². The monoisotopic (exact) mass is 790 g/mol. The van der Waals surface area contributed by atoms with Crippen molar-refractivity contribution in [1.29, 1.82) is 0 Å². The molecule has 1 aliphatic heterocycles. The predicted molar refractivity (Wildman–Crippen MR) is 207 cm³/mol. The number of aromatic nitrogens is 2. The van der Waals surface area contributed by atoms with Gasteiger partial charge in [0.2, 0.25) is 0 Å². The highest BCUT2D eigenvalue weighted by atomic mass is 28.4. The maximum atomic E-state index is 13.7. The number of halogens is 3. The van der Waals surface area contributed by atoms with Gasteiger partial charge in [-0.3, -0.25) is 14.2 Å². The van der Waals surface area contributed by atoms with Crippen molar-refractivity contribution >= 4 is 36.3 Å². The van der Waals surface area contributed by atoms with Crippen LogP contribution in [0.15, 0.2) is 102 Å². The van der Waals surface area contributed by atoms with Crippen LogP contribution in [0, 0.1) is 11.8 Å². The van der Waals surface area contributed by atoms with Gasteiger partial charge in [0.25, 0.3) is 14.2 Å². The molecule has 2 N–H and O–H groups in total. The van der Waals surface area contributed by atoms with Gasteiger partial charge >= 0.3 is 17.8 Å². The number of carbonyl (C=O) groups is 2. The van der Waals surface area contributed by atoms with Crippen LogP contribution in [0.4, 0.5) is 19.0 Å². The smallest absolute Gasteiger partial charge is 0.405 e. The van der Waals surface area contributed by atoms with Crippen LogP contribution in [-0.2, 0) is 23.4 Å². The lowest BCUT2D eigenvalue weighted by atomic mass is 10.2. The molecule has 5 rings (SSSR count). The summed E-state index contributed by atoms with van der Waals surface area (Å²) >= 11 is 0. The Morgan fingerprint density at radius 3 is 2.12 bits per heavy atom. The van der Waals surface area contributed by atoms with E-state index in [9.17, 15) is 27.6 Å². The molecule has 1 fully saturated rings. The Morgan fingerprint density at radius 1 is 0.982 bits per heavy atom. The van der Waals surface area contributed by atoms with E-state index in [2.05, 4.69) is 67.2 Å². The number of nitrogens with zero attached hydrogens (tertiary/aromatic N) is 2. The van der Waals surface area contributed by atoms with Crippen LogP contribution in [0.1, 0.15) is 63.2 Å². The fraction of sp³-hybridized carbons (Fsp3) is 0.366. The molecule has 296 valence electrons. The normalized spacial score (nSPS) is 17.8. The van der Waals surface area contributed by atoms with E-state index in [-0.39, 0.29) is 35.0 Å². The fourth-order valence-electron chi connectivity index (χ4n) is 6.65. The van der Waals surface area contributed by atoms with Crippen LogP contribution < -0.4 is 26.7 Å². The van der Waals surface area contributed by atoms with Crippen LogP contribution in [0.2, 0.25) is 5.04 Å². The molecule has 2 heterocycles. The lowest BCUT2D eigenvalue weighted by Gasteiger charge is -2.43. The highest BCUT2D eigenvalue weighted by molar-refractivity contribution is 6.99. The van der Waals surface area contributed by atoms with E-state index >= 15 is 0 Å². The van der Waals surface area contributed by atoms with Gasteiger partial charge in [0.05, 0.1) is 24.8 Å². The molecule has 4 atom stereocenters. The molecule has 0 radical (unpaired) electrons. The Morgan fingerprint density at radius 2 is 1.57 bits per heavy atom. The molecule has 0 aliphatic carbocycles. The van der Waals surface area contributed by atoms with Crippen LogP contribution in [-0.4, -0.2) is 74.1 Å². The molecule has 1 aliphatic rings. The average molecular weight is 791 g/mol. The van der Waals surface area contributed by atoms with Crippen molar-refractivity contribution in [3.8, 4) is 11.8 Å². The topological polar surface area (TPSA) is 130 Å². The Bertz CT molecular complexity index is 2030. The summed E-state index contributed by atoms with van der Waals surface area (Å²) in [5.74, 6) is 2.11. The minimum Gasteiger partial charge on any atom is -0.405 e. The lowest BCUT2D eigenvalue weighted by Crippen LogP contribution is -2.67. The molecule has 15 heteroatoms. The number of hydrogen-bond acceptors (Lipinski definition) is 8. The molecule has 1 aromatic heterocycles. The number of carbonyl (C=O) groups excluding carboxylic acids is 2. The van der Waals surface area contributed by atoms with Gasteiger partial charge in [0.1, 0.15) is 12.3 Å². The Labute approximate surface area is 324 Å². The van der Waals surface area contributed by atoms with Crippen LogP contribution in [0.5, 0.6) is 0 Å². The quantitative estimate of drug-likeness (QED) is 0.108. The molecule has 1 saturated heterocycles. The van der Waals surface area contributed by atoms with E-state index in [1.54, 1.807) is 42.6 Å². The number of ether oxygens (including phenoxy) is 3. The Kier molecular flexibility index (Phi) is 13.7. The zero-order chi connectivity index (χ0) is 40.5. The van der Waals surface area contributed by atoms with Crippen molar-refractivity contribution in [2.24, 2.45) is 0 Å². The highest BCUT2D eigenvalue weighted by Gasteiger charge is 2.51. The molecule has 11 nitrogen and oxygen atoms in total. The van der Waals surface area contributed by atoms with E-state index in [1.807, 2.05) is 43.3 Å². The minimum atomic E-state index is -5.10. The van der Waals surface area contributed by atoms with E-state index in [0.717, 1.165) is 10.4 Å². The summed E-state index contributed by atoms with van der Waals surface area (Å²) in [6, 6.07) is 28.3. The maximum absolute atomic E-state index is 13.7. The van der Waals surface area contributed by atoms with Gasteiger partial charge in [0, 0.05) is 24.8 Å². The third-order valence-corrected chi connectivity index (χ3v) is 14.2. The van der Waals surface area contributed by atoms with Crippen molar-refractivity contribution < 1.29 is 41.4 Å². The third kappa shape index (κ3) is 10.00. The van der Waals surface area contributed by atoms with Crippen molar-refractivity contribution in [3.63, 3.8) is 0 Å². The summed E-state index contributed by atoms with van der Waals surface area (Å²) in [5.41, 5.74) is -0.536. The molecular weight excluding hydrogens is 746 g/mol. The standard InChI is InChI=1S/C41H45F3N4O7Si/c1-6-52-28(2)54-33-25-35(55-34(33)27-53-56(40(3,4)5,31-20-12-8-13-21-31)32-22-14-9-15-23-32)48-26-30(19-16-24-45-38(50)41(42,43)44)36(47-39(48)51)46-37(49)29-17-10-7-11-18-29/h7-15,17-18,20-23,26,28,33-35H,6,24-25,27H2,1-5H3,(H,45,50)(H,46,47,49,51)/t28?,33?,34-,35-/m1/s1. The SMILES string of the molecule is CCOC(C)OC1C[C@H](n2cc(C#CCNC(=O)C(F)(F)F)c(NC(=O)c3ccccc3)nc2=O)O[C@@H]1CO[Si](c1ccccc1)(c1ccccc1)C(C)(C)C. The van der Waals surface area contributed by atoms with Crippen LogP contribution >= 0.6 is 0 Å². The Balaban J connectivity index is 1.50. The first-order valence-corrected chi connectivity index (χ1v) is 20.1. The van der Waals surface area contributed by atoms with Crippen molar-refractivity contribution in [2.45, 2.75) is 77.0 Å². The second-order valence-electron chi connectivity index (χ2n) is 14.0. The number of rotatable bonds is 13. The molecular formula is C41H45F3N4O7Si. The molecule has 2 unspecified atom stereocenters. The number of anilines is 1. The van der Waals surface area contributed by atoms with Gasteiger partial charge in [-0.15, -0.1) is 0 Å². The van der Waals surface area contributed by atoms with E-state index in [0.29, 0.717) is 6.61 Å². The first kappa shape index (κ1) is 42.0. The number of amides is 2. The molecule has 3 aromatic carbocycles. The second kappa shape index (κ2) is 18.2. The van der Waals surface area contributed by atoms with Gasteiger partial charge in [-0.25, -0.2) is 4.79 Å². The van der Waals surface area contributed by atoms with Crippen LogP contribution in [0.25, 0.3) is 0 Å². The van der Waals surface area contributed by atoms with Crippen molar-refractivity contribution in [2.75, 3.05) is 25.1 Å². The average Bonchev–Trinajstić information content (AvgIpc) is 3.56. The zero-order valence-electron chi connectivity index (χ0n) is 31.8. The predicted octanol–water partition coefficient (Wildman–Crippen LogP) is 5.16. The van der Waals surface area contributed by atoms with Gasteiger partial charge in [-0.05, 0) is 41.4 Å². The summed E-state index contributed by atoms with van der Waals surface area (Å²) in [4.78, 5) is 42.2. The largest absolute Gasteiger partial charge is 0.471 e. The lowest BCUT2D eigenvalue weighted by molar-refractivity contribution is -0.173. The third-order valence-electron chi connectivity index (χ3n) is 9.18. The molecule has 0 spiro atoms. The van der Waals surface area contributed by atoms with E-state index in [1.165, 1.54) is 10.8 Å². The summed E-state index contributed by atoms with van der Waals surface area (Å²) in [7, 11) is -3.02. The number of hydrogen-bond donors (Lipinski definition) is 2. The molecule has 0 saturated carbocycles. The number of nitrogens with one attached hydrogen (secondary N) is 2. The summed E-state index contributed by atoms with van der Waals surface area (Å²) in [6.07, 6.45) is -6.50. The molecule has 4 aromatic rings. The number of benzene rings is 3. The summed E-state index contributed by atoms with van der Waals surface area (Å²) in [5, 5.41) is 6.05. The first-order chi connectivity index (χ1) is 26.6. The van der Waals surface area contributed by atoms with Gasteiger partial charge < -0.3 is 29.3 Å². The van der Waals surface area contributed by atoms with Crippen molar-refractivity contribution in [3.05, 3.63) is 119 Å². The Hall–Kier alpha value is -5.11. The maximum Gasteiger partial charge on any atom is 0.471 e. The molecule has 0 bridgehead atoms.